The van der Waals surface area contributed by atoms with E-state index in [0.29, 0.717) is 16.3 Å². The molecule has 2 aromatic carbocycles. The zero-order valence-corrected chi connectivity index (χ0v) is 13.9. The Labute approximate surface area is 144 Å². The van der Waals surface area contributed by atoms with Crippen molar-refractivity contribution in [2.24, 2.45) is 0 Å². The Morgan fingerprint density at radius 3 is 2.54 bits per heavy atom. The van der Waals surface area contributed by atoms with Crippen molar-refractivity contribution in [3.8, 4) is 5.75 Å². The van der Waals surface area contributed by atoms with Gasteiger partial charge in [-0.2, -0.15) is 0 Å². The van der Waals surface area contributed by atoms with Gasteiger partial charge in [-0.15, -0.1) is 0 Å². The van der Waals surface area contributed by atoms with Crippen molar-refractivity contribution in [1.82, 2.24) is 0 Å². The standard InChI is InChI=1S/C17H16ClNO5/c1-11(15-8-3-4-9-16(15)19(21)22)24-17(20)12(2)23-14-7-5-6-13(18)10-14/h3-12H,1-2H3. The minimum absolute atomic E-state index is 0.0961. The third kappa shape index (κ3) is 4.45. The fourth-order valence-corrected chi connectivity index (χ4v) is 2.30. The van der Waals surface area contributed by atoms with E-state index in [1.165, 1.54) is 13.0 Å². The van der Waals surface area contributed by atoms with Crippen molar-refractivity contribution in [2.45, 2.75) is 26.1 Å². The molecule has 0 spiro atoms. The maximum Gasteiger partial charge on any atom is 0.347 e. The molecule has 0 fully saturated rings. The van der Waals surface area contributed by atoms with E-state index >= 15 is 0 Å². The number of esters is 1. The van der Waals surface area contributed by atoms with Gasteiger partial charge in [-0.05, 0) is 38.1 Å². The summed E-state index contributed by atoms with van der Waals surface area (Å²) in [6.07, 6.45) is -1.65. The molecule has 0 aromatic heterocycles. The first kappa shape index (κ1) is 17.7. The molecular weight excluding hydrogens is 334 g/mol. The van der Waals surface area contributed by atoms with Crippen molar-refractivity contribution in [1.29, 1.82) is 0 Å². The first-order valence-corrected chi connectivity index (χ1v) is 7.62. The molecule has 7 heteroatoms. The molecule has 6 nitrogen and oxygen atoms in total. The highest BCUT2D eigenvalue weighted by Gasteiger charge is 2.24. The number of para-hydroxylation sites is 1. The van der Waals surface area contributed by atoms with Crippen LogP contribution in [0.25, 0.3) is 0 Å². The zero-order chi connectivity index (χ0) is 17.7. The van der Waals surface area contributed by atoms with Crippen molar-refractivity contribution < 1.29 is 19.2 Å². The van der Waals surface area contributed by atoms with Crippen LogP contribution >= 0.6 is 11.6 Å². The van der Waals surface area contributed by atoms with Gasteiger partial charge in [0.05, 0.1) is 10.5 Å². The molecule has 0 radical (unpaired) electrons. The van der Waals surface area contributed by atoms with Gasteiger partial charge in [0.15, 0.2) is 6.10 Å². The lowest BCUT2D eigenvalue weighted by Gasteiger charge is -2.18. The molecule has 0 aliphatic heterocycles. The molecule has 0 saturated heterocycles. The molecular formula is C17H16ClNO5. The number of ether oxygens (including phenoxy) is 2. The summed E-state index contributed by atoms with van der Waals surface area (Å²) >= 11 is 5.86. The Kier molecular flexibility index (Phi) is 5.76. The molecule has 0 aliphatic rings. The summed E-state index contributed by atoms with van der Waals surface area (Å²) in [5.41, 5.74) is 0.229. The van der Waals surface area contributed by atoms with Gasteiger partial charge >= 0.3 is 5.97 Å². The zero-order valence-electron chi connectivity index (χ0n) is 13.1. The second-order valence-corrected chi connectivity index (χ2v) is 5.55. The van der Waals surface area contributed by atoms with Crippen LogP contribution in [0, 0.1) is 10.1 Å². The largest absolute Gasteiger partial charge is 0.479 e. The van der Waals surface area contributed by atoms with E-state index < -0.39 is 23.1 Å². The van der Waals surface area contributed by atoms with E-state index in [-0.39, 0.29) is 5.69 Å². The van der Waals surface area contributed by atoms with Crippen molar-refractivity contribution in [2.75, 3.05) is 0 Å². The van der Waals surface area contributed by atoms with Crippen LogP contribution in [-0.4, -0.2) is 17.0 Å². The van der Waals surface area contributed by atoms with Crippen LogP contribution in [0.5, 0.6) is 5.75 Å². The number of nitro benzene ring substituents is 1. The lowest BCUT2D eigenvalue weighted by Crippen LogP contribution is -2.27. The van der Waals surface area contributed by atoms with E-state index in [9.17, 15) is 14.9 Å². The Bertz CT molecular complexity index is 749. The van der Waals surface area contributed by atoms with Crippen LogP contribution in [0.4, 0.5) is 5.69 Å². The molecule has 126 valence electrons. The fraction of sp³-hybridized carbons (Fsp3) is 0.235. The fourth-order valence-electron chi connectivity index (χ4n) is 2.12. The van der Waals surface area contributed by atoms with Gasteiger partial charge in [0.2, 0.25) is 0 Å². The Morgan fingerprint density at radius 2 is 1.88 bits per heavy atom. The van der Waals surface area contributed by atoms with Crippen molar-refractivity contribution >= 4 is 23.3 Å². The monoisotopic (exact) mass is 349 g/mol. The van der Waals surface area contributed by atoms with E-state index in [1.807, 2.05) is 0 Å². The summed E-state index contributed by atoms with van der Waals surface area (Å²) in [5.74, 6) is -0.189. The molecule has 24 heavy (non-hydrogen) atoms. The number of hydrogen-bond acceptors (Lipinski definition) is 5. The molecule has 2 unspecified atom stereocenters. The highest BCUT2D eigenvalue weighted by Crippen LogP contribution is 2.27. The van der Waals surface area contributed by atoms with E-state index in [0.717, 1.165) is 0 Å². The number of carbonyl (C=O) groups is 1. The van der Waals surface area contributed by atoms with Gasteiger partial charge < -0.3 is 9.47 Å². The number of rotatable bonds is 6. The molecule has 0 bridgehead atoms. The van der Waals surface area contributed by atoms with Gasteiger partial charge in [-0.3, -0.25) is 10.1 Å². The summed E-state index contributed by atoms with van der Waals surface area (Å²) in [6, 6.07) is 12.8. The number of carbonyl (C=O) groups excluding carboxylic acids is 1. The first-order valence-electron chi connectivity index (χ1n) is 7.24. The number of nitrogens with zero attached hydrogens (tertiary/aromatic N) is 1. The summed E-state index contributed by atoms with van der Waals surface area (Å²) in [6.45, 7) is 3.11. The maximum absolute atomic E-state index is 12.1. The minimum Gasteiger partial charge on any atom is -0.479 e. The molecule has 0 aliphatic carbocycles. The summed E-state index contributed by atoms with van der Waals surface area (Å²) in [7, 11) is 0. The molecule has 0 N–H and O–H groups in total. The highest BCUT2D eigenvalue weighted by atomic mass is 35.5. The summed E-state index contributed by atoms with van der Waals surface area (Å²) < 4.78 is 10.8. The van der Waals surface area contributed by atoms with Crippen LogP contribution in [0.2, 0.25) is 5.02 Å². The molecule has 0 amide bonds. The highest BCUT2D eigenvalue weighted by molar-refractivity contribution is 6.30. The van der Waals surface area contributed by atoms with E-state index in [4.69, 9.17) is 21.1 Å². The van der Waals surface area contributed by atoms with Crippen LogP contribution < -0.4 is 4.74 Å². The Morgan fingerprint density at radius 1 is 1.17 bits per heavy atom. The second-order valence-electron chi connectivity index (χ2n) is 5.11. The third-order valence-electron chi connectivity index (χ3n) is 3.31. The predicted octanol–water partition coefficient (Wildman–Crippen LogP) is 4.32. The topological polar surface area (TPSA) is 78.7 Å². The van der Waals surface area contributed by atoms with Crippen LogP contribution in [0.1, 0.15) is 25.5 Å². The first-order chi connectivity index (χ1) is 11.4. The molecule has 2 atom stereocenters. The normalized spacial score (nSPS) is 13.0. The van der Waals surface area contributed by atoms with Crippen LogP contribution in [0.3, 0.4) is 0 Å². The number of halogens is 1. The van der Waals surface area contributed by atoms with Gasteiger partial charge in [-0.25, -0.2) is 4.79 Å². The Balaban J connectivity index is 2.05. The van der Waals surface area contributed by atoms with Crippen LogP contribution in [-0.2, 0) is 9.53 Å². The Hall–Kier alpha value is -2.60. The van der Waals surface area contributed by atoms with Crippen LogP contribution in [0.15, 0.2) is 48.5 Å². The van der Waals surface area contributed by atoms with Gasteiger partial charge in [0, 0.05) is 11.1 Å². The average molecular weight is 350 g/mol. The lowest BCUT2D eigenvalue weighted by atomic mass is 10.1. The average Bonchev–Trinajstić information content (AvgIpc) is 2.54. The quantitative estimate of drug-likeness (QED) is 0.441. The SMILES string of the molecule is CC(Oc1cccc(Cl)c1)C(=O)OC(C)c1ccccc1[N+](=O)[O-]. The number of benzene rings is 2. The van der Waals surface area contributed by atoms with Gasteiger partial charge in [-0.1, -0.05) is 29.8 Å². The number of nitro groups is 1. The van der Waals surface area contributed by atoms with Crippen molar-refractivity contribution in [3.05, 3.63) is 69.2 Å². The minimum atomic E-state index is -0.881. The van der Waals surface area contributed by atoms with Gasteiger partial charge in [0.1, 0.15) is 11.9 Å². The van der Waals surface area contributed by atoms with Crippen molar-refractivity contribution in [3.63, 3.8) is 0 Å². The maximum atomic E-state index is 12.1. The third-order valence-corrected chi connectivity index (χ3v) is 3.54. The number of hydrogen-bond donors (Lipinski definition) is 0. The van der Waals surface area contributed by atoms with E-state index in [1.54, 1.807) is 49.4 Å². The summed E-state index contributed by atoms with van der Waals surface area (Å²) in [4.78, 5) is 22.7. The molecule has 0 saturated carbocycles. The lowest BCUT2D eigenvalue weighted by molar-refractivity contribution is -0.386. The second kappa shape index (κ2) is 7.79. The smallest absolute Gasteiger partial charge is 0.347 e. The molecule has 0 heterocycles. The molecule has 2 rings (SSSR count). The van der Waals surface area contributed by atoms with E-state index in [2.05, 4.69) is 0 Å². The van der Waals surface area contributed by atoms with Gasteiger partial charge in [0.25, 0.3) is 5.69 Å². The predicted molar refractivity (Wildman–Crippen MR) is 89.1 cm³/mol. The molecule has 2 aromatic rings. The summed E-state index contributed by atoms with van der Waals surface area (Å²) in [5, 5.41) is 11.5.